The highest BCUT2D eigenvalue weighted by molar-refractivity contribution is 5.98. The van der Waals surface area contributed by atoms with E-state index in [-0.39, 0.29) is 167 Å². The smallest absolute Gasteiger partial charge is 0.331 e. The summed E-state index contributed by atoms with van der Waals surface area (Å²) in [6.07, 6.45) is 26.8. The first-order valence-corrected chi connectivity index (χ1v) is 47.8. The number of ketones is 2. The molecule has 0 radical (unpaired) electrons. The second-order valence-corrected chi connectivity index (χ2v) is 36.5. The zero-order chi connectivity index (χ0) is 100. The Morgan fingerprint density at radius 1 is 0.725 bits per heavy atom. The van der Waals surface area contributed by atoms with Gasteiger partial charge in [0.2, 0.25) is 17.8 Å². The number of aryl methyl sites for hydroxylation is 1. The first kappa shape index (κ1) is 108. The highest BCUT2D eigenvalue weighted by Gasteiger charge is 2.47. The highest BCUT2D eigenvalue weighted by Crippen LogP contribution is 2.52. The van der Waals surface area contributed by atoms with Gasteiger partial charge in [-0.15, -0.1) is 5.10 Å². The number of nitrogens with zero attached hydrogens (tertiary/aromatic N) is 6. The number of rotatable bonds is 51. The van der Waals surface area contributed by atoms with Crippen LogP contribution >= 0.6 is 0 Å². The number of carbonyl (C=O) groups is 12. The molecule has 2 aliphatic heterocycles. The van der Waals surface area contributed by atoms with E-state index < -0.39 is 101 Å². The highest BCUT2D eigenvalue weighted by atomic mass is 16.5. The number of allylic oxidation sites excluding steroid dienone is 7. The lowest BCUT2D eigenvalue weighted by molar-refractivity contribution is -0.152. The maximum Gasteiger partial charge on any atom is 0.331 e. The van der Waals surface area contributed by atoms with Gasteiger partial charge < -0.3 is 83.4 Å². The number of nitrogen functional groups attached to an aromatic ring is 1. The number of aromatic amines is 1. The Morgan fingerprint density at radius 2 is 1.39 bits per heavy atom. The SMILES string of the molecule is C/C=C/[C@@H]1O[C@H]([C@@H](/C=C/C=C(\C)C[C@@H](C)/C=C(C)\C=C\[C@H]2CC=CC(=O)O2)CC(=O)OCc2ccc(CC(=O)[C@H](CCCNC(N)=O)NC(=O)[C@@H](CC(=O)OCC)C(C)C)cc2)C[C@@H](O)[C@@H]1C.C[C@H]1[C@H]2CCc3c(nnn3-c3ccc(C(=O)NCCCC[C@H](CC(=O)CC[C@H](NC(=O)c4ccc(NCc5cnc6nc(N)[nH]c(=O)c6n5)cc4)C(=O)O)C(=O)N[C@H](CCCCN)C(=O)O)cc3)CC[C@@H]12. The topological polar surface area (TPSA) is 555 Å². The number of nitrogens with one attached hydrogen (secondary N) is 7. The minimum atomic E-state index is -1.44. The number of hydrogen-bond donors (Lipinski definition) is 13. The molecular formula is C102H136N16O20. The number of ether oxygens (including phenoxy) is 4. The Labute approximate surface area is 804 Å². The predicted octanol–water partition coefficient (Wildman–Crippen LogP) is 10.7. The second kappa shape index (κ2) is 54.7. The van der Waals surface area contributed by atoms with Crippen LogP contribution in [0.4, 0.5) is 16.4 Å². The standard InChI is InChI=1S/C53H75N3O11.C49H61N13O9/c1-9-14-47-38(8)45(57)32-48(67-47)41(16-11-15-35(5)27-37(7)28-36(6)20-25-42-17-12-19-49(59)66-42)30-50(60)65-33-40-23-21-39(22-24-40)29-46(58)44(18-13-26-55-53(54)63)56-52(62)43(34(3)4)31-51(61)64-10-2;1-27-35-17-20-37-40(21-18-36(27)35)62(61-60-37)33-14-10-28(11-15-33)43(64)52-23-5-3-6-30(45(66)56-38(47(68)69)7-2-4-22-50)24-34(63)16-19-39(48(70)71)57-44(65)29-8-12-31(13-9-29)53-25-32-26-54-42-41(55-32)46(67)59-49(51)58-42/h9,11-12,14-16,19-25,28,34,37-38,41-45,47-48,57H,10,13,17-18,26-27,29-33H2,1-8H3,(H,56,62)(H3,54,55,63);8-15,26-27,30,35-36,38-39,53H,2-7,16-25,50H2,1H3,(H,52,64)(H,56,66)(H,57,65)(H,68,69)(H,70,71)(H3,51,54,58,59,67)/b14-9+,16-11+,25-20+,35-15+,36-28-;/t37-,38+,41+,42-,43+,44+,45-,47+,48+;27-,30-,35+,36-,38-,39+/m11/s1. The number of H-pyrrole nitrogens is 1. The molecule has 15 atom stereocenters. The normalized spacial score (nSPS) is 19.6. The summed E-state index contributed by atoms with van der Waals surface area (Å²) in [5.41, 5.74) is 24.2. The number of unbranched alkanes of at least 4 members (excludes halogenated alkanes) is 2. The van der Waals surface area contributed by atoms with Crippen molar-refractivity contribution >= 4 is 93.9 Å². The van der Waals surface area contributed by atoms with Crippen molar-refractivity contribution in [1.82, 2.24) is 61.5 Å². The zero-order valence-corrected chi connectivity index (χ0v) is 80.3. The van der Waals surface area contributed by atoms with Crippen molar-refractivity contribution in [2.75, 3.05) is 37.3 Å². The van der Waals surface area contributed by atoms with Gasteiger partial charge in [-0.25, -0.2) is 33.8 Å². The van der Waals surface area contributed by atoms with Gasteiger partial charge >= 0.3 is 35.9 Å². The van der Waals surface area contributed by atoms with Crippen LogP contribution in [-0.4, -0.2) is 190 Å². The van der Waals surface area contributed by atoms with Crippen molar-refractivity contribution in [3.63, 3.8) is 0 Å². The number of amides is 6. The number of aromatic nitrogens is 7. The number of nitrogens with two attached hydrogens (primary N) is 3. The van der Waals surface area contributed by atoms with Crippen molar-refractivity contribution in [2.45, 2.75) is 253 Å². The molecule has 0 unspecified atom stereocenters. The lowest BCUT2D eigenvalue weighted by Gasteiger charge is -2.39. The van der Waals surface area contributed by atoms with Crippen molar-refractivity contribution in [1.29, 1.82) is 0 Å². The van der Waals surface area contributed by atoms with Gasteiger partial charge in [-0.05, 0) is 213 Å². The Bertz CT molecular complexity index is 5410. The number of hydrogen-bond acceptors (Lipinski definition) is 26. The van der Waals surface area contributed by atoms with Crippen LogP contribution in [-0.2, 0) is 94.5 Å². The van der Waals surface area contributed by atoms with Gasteiger partial charge in [0, 0.05) is 85.8 Å². The van der Waals surface area contributed by atoms with E-state index in [2.05, 4.69) is 89.0 Å². The van der Waals surface area contributed by atoms with E-state index in [9.17, 15) is 77.6 Å². The summed E-state index contributed by atoms with van der Waals surface area (Å²) in [7, 11) is 0. The molecule has 0 bridgehead atoms. The maximum absolute atomic E-state index is 13.7. The van der Waals surface area contributed by atoms with Crippen LogP contribution in [0.1, 0.15) is 227 Å². The molecule has 16 N–H and O–H groups in total. The van der Waals surface area contributed by atoms with Crippen LogP contribution in [0.3, 0.4) is 0 Å². The minimum Gasteiger partial charge on any atom is -0.480 e. The van der Waals surface area contributed by atoms with E-state index >= 15 is 0 Å². The molecule has 36 nitrogen and oxygen atoms in total. The van der Waals surface area contributed by atoms with E-state index in [1.165, 1.54) is 24.4 Å². The van der Waals surface area contributed by atoms with Crippen molar-refractivity contribution in [3.05, 3.63) is 201 Å². The molecule has 5 heterocycles. The van der Waals surface area contributed by atoms with Crippen LogP contribution in [0.5, 0.6) is 0 Å². The van der Waals surface area contributed by atoms with Crippen LogP contribution in [0.15, 0.2) is 156 Å². The van der Waals surface area contributed by atoms with E-state index in [0.29, 0.717) is 79.6 Å². The summed E-state index contributed by atoms with van der Waals surface area (Å²) < 4.78 is 24.5. The molecule has 2 aliphatic carbocycles. The zero-order valence-electron chi connectivity index (χ0n) is 80.3. The molecule has 3 aromatic carbocycles. The molecule has 10 rings (SSSR count). The summed E-state index contributed by atoms with van der Waals surface area (Å²) in [5, 5.41) is 56.1. The molecule has 6 amide bonds. The third kappa shape index (κ3) is 34.8. The van der Waals surface area contributed by atoms with Crippen LogP contribution < -0.4 is 54.7 Å². The number of urea groups is 1. The largest absolute Gasteiger partial charge is 0.480 e. The van der Waals surface area contributed by atoms with Crippen LogP contribution in [0, 0.1) is 53.3 Å². The predicted molar refractivity (Wildman–Crippen MR) is 518 cm³/mol. The van der Waals surface area contributed by atoms with E-state index in [0.717, 1.165) is 78.1 Å². The van der Waals surface area contributed by atoms with Gasteiger partial charge in [-0.2, -0.15) is 4.98 Å². The summed E-state index contributed by atoms with van der Waals surface area (Å²) >= 11 is 0. The number of aliphatic carboxylic acids is 2. The molecule has 0 spiro atoms. The first-order chi connectivity index (χ1) is 66.1. The molecule has 138 heavy (non-hydrogen) atoms. The van der Waals surface area contributed by atoms with Crippen LogP contribution in [0.2, 0.25) is 0 Å². The summed E-state index contributed by atoms with van der Waals surface area (Å²) in [6, 6.07) is 16.2. The molecule has 3 aromatic heterocycles. The monoisotopic (exact) mass is 1910 g/mol. The average molecular weight is 1910 g/mol. The number of fused-ring (bicyclic) bond motifs is 3. The fourth-order valence-corrected chi connectivity index (χ4v) is 17.4. The lowest BCUT2D eigenvalue weighted by atomic mass is 9.84. The number of carboxylic acids is 2. The second-order valence-electron chi connectivity index (χ2n) is 36.5. The van der Waals surface area contributed by atoms with E-state index in [1.54, 1.807) is 55.5 Å². The van der Waals surface area contributed by atoms with Gasteiger partial charge in [0.25, 0.3) is 17.4 Å². The van der Waals surface area contributed by atoms with E-state index in [4.69, 9.17) is 36.1 Å². The fourth-order valence-electron chi connectivity index (χ4n) is 17.4. The van der Waals surface area contributed by atoms with Gasteiger partial charge in [0.15, 0.2) is 16.9 Å². The average Bonchev–Trinajstić information content (AvgIpc) is 1.62. The Hall–Kier alpha value is -13.2. The number of esters is 3. The molecule has 1 saturated heterocycles. The molecule has 2 fully saturated rings. The maximum atomic E-state index is 13.7. The lowest BCUT2D eigenvalue weighted by Crippen LogP contribution is -2.46. The molecule has 1 saturated carbocycles. The van der Waals surface area contributed by atoms with Crippen molar-refractivity contribution in [3.8, 4) is 5.69 Å². The van der Waals surface area contributed by atoms with Gasteiger partial charge in [-0.3, -0.25) is 48.1 Å². The molecule has 36 heteroatoms. The molecule has 4 aliphatic rings. The van der Waals surface area contributed by atoms with Gasteiger partial charge in [0.05, 0.1) is 85.2 Å². The third-order valence-electron chi connectivity index (χ3n) is 25.4. The number of aliphatic hydroxyl groups is 1. The van der Waals surface area contributed by atoms with Crippen molar-refractivity contribution in [2.24, 2.45) is 64.7 Å². The number of Topliss-reactive ketones (excluding diaryl/α,β-unsaturated/α-hetero) is 2. The molecule has 6 aromatic rings. The Morgan fingerprint density at radius 3 is 2.08 bits per heavy atom. The minimum absolute atomic E-state index is 0.000349. The van der Waals surface area contributed by atoms with Crippen LogP contribution in [0.25, 0.3) is 16.9 Å². The van der Waals surface area contributed by atoms with Gasteiger partial charge in [-0.1, -0.05) is 130 Å². The number of carbonyl (C=O) groups excluding carboxylic acids is 10. The number of anilines is 2. The molecular weight excluding hydrogens is 1770 g/mol. The fraction of sp³-hybridized carbons (Fsp3) is 0.510. The first-order valence-electron chi connectivity index (χ1n) is 47.8. The quantitative estimate of drug-likeness (QED) is 0.00555. The third-order valence-corrected chi connectivity index (χ3v) is 25.4. The van der Waals surface area contributed by atoms with E-state index in [1.807, 2.05) is 100 Å². The van der Waals surface area contributed by atoms with Gasteiger partial charge in [0.1, 0.15) is 30.6 Å². The summed E-state index contributed by atoms with van der Waals surface area (Å²) in [4.78, 5) is 180. The van der Waals surface area contributed by atoms with Crippen molar-refractivity contribution < 1.29 is 91.8 Å². The Kier molecular flexibility index (Phi) is 42.9. The Balaban J connectivity index is 0.000000310. The summed E-state index contributed by atoms with van der Waals surface area (Å²) in [6.45, 7) is 19.0. The number of benzene rings is 3. The number of primary amides is 1. The number of carboxylic acid groups (broad SMARTS) is 2. The number of cyclic esters (lactones) is 1. The number of aliphatic hydroxyl groups excluding tert-OH is 1. The summed E-state index contributed by atoms with van der Waals surface area (Å²) in [5.74, 6) is -6.40. The molecule has 744 valence electrons.